The van der Waals surface area contributed by atoms with Crippen LogP contribution in [-0.4, -0.2) is 57.9 Å². The van der Waals surface area contributed by atoms with E-state index in [9.17, 15) is 14.7 Å². The molecule has 8 heteroatoms. The van der Waals surface area contributed by atoms with Crippen LogP contribution in [0.3, 0.4) is 0 Å². The van der Waals surface area contributed by atoms with Gasteiger partial charge in [0, 0.05) is 25.0 Å². The van der Waals surface area contributed by atoms with Gasteiger partial charge < -0.3 is 15.1 Å². The molecular weight excluding hydrogens is 336 g/mol. The molecule has 0 fully saturated rings. The molecule has 2 rings (SSSR count). The number of nitrogens with zero attached hydrogens (tertiary/aromatic N) is 3. The van der Waals surface area contributed by atoms with Crippen molar-refractivity contribution in [1.29, 1.82) is 0 Å². The summed E-state index contributed by atoms with van der Waals surface area (Å²) in [5.41, 5.74) is 0.886. The third kappa shape index (κ3) is 4.86. The van der Waals surface area contributed by atoms with Crippen LogP contribution in [0.4, 0.5) is 4.79 Å². The third-order valence-corrected chi connectivity index (χ3v) is 4.61. The highest BCUT2D eigenvalue weighted by Gasteiger charge is 2.31. The summed E-state index contributed by atoms with van der Waals surface area (Å²) in [6.45, 7) is 6.24. The van der Waals surface area contributed by atoms with E-state index < -0.39 is 18.0 Å². The molecule has 142 valence electrons. The topological polar surface area (TPSA) is 115 Å². The highest BCUT2D eigenvalue weighted by Crippen LogP contribution is 2.21. The first-order chi connectivity index (χ1) is 12.3. The smallest absolute Gasteiger partial charge is 0.349 e. The highest BCUT2D eigenvalue weighted by molar-refractivity contribution is 6.69. The second kappa shape index (κ2) is 8.86. The maximum atomic E-state index is 12.2. The Morgan fingerprint density at radius 2 is 2.00 bits per heavy atom. The molecule has 0 aromatic rings. The number of nitrogens with one attached hydrogen (secondary N) is 1. The standard InChI is InChI=1S/C18H26N4O4/c1-11-4-7-19-15-16(20-18(26)21-17(15)25)22(13(3)10-12(11)2)8-5-14(24)6-9-23/h4,7,10-12,14,23-24H,5-6,8-9H2,1-3H3,(H,21,25,26)/b7-4+,13-10+,19-15+. The number of carbonyl (C=O) groups excluding carboxylic acids is 2. The summed E-state index contributed by atoms with van der Waals surface area (Å²) in [6, 6.07) is -0.736. The van der Waals surface area contributed by atoms with Crippen LogP contribution in [0.5, 0.6) is 0 Å². The van der Waals surface area contributed by atoms with Gasteiger partial charge in [-0.05, 0) is 31.6 Å². The number of amides is 3. The highest BCUT2D eigenvalue weighted by atomic mass is 16.3. The van der Waals surface area contributed by atoms with Crippen LogP contribution in [0.25, 0.3) is 0 Å². The summed E-state index contributed by atoms with van der Waals surface area (Å²) in [7, 11) is 0. The Morgan fingerprint density at radius 3 is 2.69 bits per heavy atom. The molecule has 2 heterocycles. The molecule has 0 bridgehead atoms. The van der Waals surface area contributed by atoms with Crippen molar-refractivity contribution < 1.29 is 19.8 Å². The van der Waals surface area contributed by atoms with E-state index in [1.54, 1.807) is 11.1 Å². The molecule has 0 saturated heterocycles. The van der Waals surface area contributed by atoms with E-state index in [4.69, 9.17) is 5.11 Å². The van der Waals surface area contributed by atoms with Crippen LogP contribution in [0.2, 0.25) is 0 Å². The van der Waals surface area contributed by atoms with Crippen molar-refractivity contribution in [2.75, 3.05) is 13.2 Å². The molecule has 3 amide bonds. The number of aliphatic imine (C=N–C) groups is 2. The van der Waals surface area contributed by atoms with Crippen LogP contribution >= 0.6 is 0 Å². The summed E-state index contributed by atoms with van der Waals surface area (Å²) < 4.78 is 0. The Kier molecular flexibility index (Phi) is 6.82. The fourth-order valence-corrected chi connectivity index (χ4v) is 2.81. The number of aliphatic hydroxyl groups excluding tert-OH is 2. The van der Waals surface area contributed by atoms with E-state index in [0.717, 1.165) is 5.70 Å². The molecular formula is C18H26N4O4. The lowest BCUT2D eigenvalue weighted by atomic mass is 9.94. The Hall–Kier alpha value is -2.32. The molecule has 3 unspecified atom stereocenters. The molecule has 0 aromatic carbocycles. The number of hydrogen-bond acceptors (Lipinski definition) is 6. The first-order valence-electron chi connectivity index (χ1n) is 8.77. The SMILES string of the molecule is C/C1=C\C(C)C(C)/C=C/N=C2/C(=O)NC(=O)N=C2N1CCC(O)CCO. The van der Waals surface area contributed by atoms with Crippen LogP contribution in [0.1, 0.15) is 33.6 Å². The van der Waals surface area contributed by atoms with E-state index in [1.807, 2.05) is 13.0 Å². The van der Waals surface area contributed by atoms with E-state index in [1.165, 1.54) is 0 Å². The lowest BCUT2D eigenvalue weighted by Crippen LogP contribution is -2.50. The Morgan fingerprint density at radius 1 is 1.27 bits per heavy atom. The average Bonchev–Trinajstić information content (AvgIpc) is 2.56. The number of imide groups is 1. The fourth-order valence-electron chi connectivity index (χ4n) is 2.81. The summed E-state index contributed by atoms with van der Waals surface area (Å²) in [5, 5.41) is 21.1. The lowest BCUT2D eigenvalue weighted by molar-refractivity contribution is -0.113. The van der Waals surface area contributed by atoms with Gasteiger partial charge in [0.05, 0.1) is 6.10 Å². The fraction of sp³-hybridized carbons (Fsp3) is 0.556. The number of carbonyl (C=O) groups is 2. The molecule has 3 N–H and O–H groups in total. The largest absolute Gasteiger partial charge is 0.396 e. The minimum absolute atomic E-state index is 0.0620. The van der Waals surface area contributed by atoms with E-state index in [0.29, 0.717) is 13.0 Å². The van der Waals surface area contributed by atoms with Crippen molar-refractivity contribution in [2.45, 2.75) is 39.7 Å². The average molecular weight is 362 g/mol. The Balaban J connectivity index is 2.45. The van der Waals surface area contributed by atoms with Gasteiger partial charge in [-0.15, -0.1) is 0 Å². The van der Waals surface area contributed by atoms with E-state index in [-0.39, 0.29) is 36.4 Å². The number of allylic oxidation sites excluding steroid dienone is 3. The zero-order valence-corrected chi connectivity index (χ0v) is 15.3. The van der Waals surface area contributed by atoms with Crippen LogP contribution in [0, 0.1) is 11.8 Å². The second-order valence-electron chi connectivity index (χ2n) is 6.65. The van der Waals surface area contributed by atoms with Gasteiger partial charge in [0.15, 0.2) is 11.5 Å². The maximum absolute atomic E-state index is 12.2. The second-order valence-corrected chi connectivity index (χ2v) is 6.65. The number of amidine groups is 1. The van der Waals surface area contributed by atoms with E-state index >= 15 is 0 Å². The zero-order valence-electron chi connectivity index (χ0n) is 15.3. The van der Waals surface area contributed by atoms with Gasteiger partial charge in [0.2, 0.25) is 0 Å². The van der Waals surface area contributed by atoms with Crippen LogP contribution in [0.15, 0.2) is 34.0 Å². The van der Waals surface area contributed by atoms with Crippen molar-refractivity contribution >= 4 is 23.5 Å². The molecule has 2 aliphatic heterocycles. The lowest BCUT2D eigenvalue weighted by Gasteiger charge is -2.30. The predicted molar refractivity (Wildman–Crippen MR) is 98.7 cm³/mol. The summed E-state index contributed by atoms with van der Waals surface area (Å²) in [6.07, 6.45) is 5.45. The predicted octanol–water partition coefficient (Wildman–Crippen LogP) is 1.21. The van der Waals surface area contributed by atoms with Gasteiger partial charge in [-0.25, -0.2) is 9.79 Å². The Labute approximate surface area is 153 Å². The van der Waals surface area contributed by atoms with E-state index in [2.05, 4.69) is 35.2 Å². The molecule has 0 spiro atoms. The zero-order chi connectivity index (χ0) is 19.3. The molecule has 26 heavy (non-hydrogen) atoms. The minimum atomic E-state index is -0.736. The summed E-state index contributed by atoms with van der Waals surface area (Å²) >= 11 is 0. The van der Waals surface area contributed by atoms with Gasteiger partial charge in [-0.2, -0.15) is 4.99 Å². The molecule has 0 radical (unpaired) electrons. The molecule has 0 aromatic heterocycles. The first kappa shape index (κ1) is 20.0. The minimum Gasteiger partial charge on any atom is -0.396 e. The number of urea groups is 1. The van der Waals surface area contributed by atoms with Crippen molar-refractivity contribution in [2.24, 2.45) is 21.8 Å². The Bertz CT molecular complexity index is 681. The van der Waals surface area contributed by atoms with Gasteiger partial charge in [0.25, 0.3) is 5.91 Å². The van der Waals surface area contributed by atoms with Crippen molar-refractivity contribution in [3.8, 4) is 0 Å². The maximum Gasteiger partial charge on any atom is 0.349 e. The van der Waals surface area contributed by atoms with Crippen molar-refractivity contribution in [1.82, 2.24) is 10.2 Å². The van der Waals surface area contributed by atoms with Crippen LogP contribution in [-0.2, 0) is 4.79 Å². The normalized spacial score (nSPS) is 30.2. The van der Waals surface area contributed by atoms with Gasteiger partial charge >= 0.3 is 6.03 Å². The molecule has 3 atom stereocenters. The summed E-state index contributed by atoms with van der Waals surface area (Å²) in [5.74, 6) is -0.000723. The van der Waals surface area contributed by atoms with Crippen molar-refractivity contribution in [3.05, 3.63) is 24.0 Å². The molecule has 0 saturated carbocycles. The number of fused-ring (bicyclic) bond motifs is 1. The van der Waals surface area contributed by atoms with Crippen LogP contribution < -0.4 is 5.32 Å². The molecule has 0 aliphatic carbocycles. The number of aliphatic hydroxyl groups is 2. The third-order valence-electron chi connectivity index (χ3n) is 4.61. The number of rotatable bonds is 5. The van der Waals surface area contributed by atoms with Gasteiger partial charge in [0.1, 0.15) is 0 Å². The van der Waals surface area contributed by atoms with Gasteiger partial charge in [-0.3, -0.25) is 10.1 Å². The van der Waals surface area contributed by atoms with Crippen molar-refractivity contribution in [3.63, 3.8) is 0 Å². The summed E-state index contributed by atoms with van der Waals surface area (Å²) in [4.78, 5) is 33.9. The molecule has 8 nitrogen and oxygen atoms in total. The number of hydrogen-bond donors (Lipinski definition) is 3. The molecule has 2 aliphatic rings. The monoisotopic (exact) mass is 362 g/mol. The van der Waals surface area contributed by atoms with Gasteiger partial charge in [-0.1, -0.05) is 26.0 Å². The first-order valence-corrected chi connectivity index (χ1v) is 8.77. The quantitative estimate of drug-likeness (QED) is 0.680.